The summed E-state index contributed by atoms with van der Waals surface area (Å²) >= 11 is 0. The first kappa shape index (κ1) is 12.9. The molecule has 2 rings (SSSR count). The van der Waals surface area contributed by atoms with Gasteiger partial charge in [-0.15, -0.1) is 0 Å². The molecule has 8 heteroatoms. The van der Waals surface area contributed by atoms with Crippen LogP contribution in [0.4, 0.5) is 4.39 Å². The summed E-state index contributed by atoms with van der Waals surface area (Å²) < 4.78 is 19.8. The Morgan fingerprint density at radius 2 is 2.28 bits per heavy atom. The molecule has 4 atom stereocenters. The number of aromatic nitrogens is 2. The van der Waals surface area contributed by atoms with Crippen LogP contribution < -0.4 is 11.2 Å². The summed E-state index contributed by atoms with van der Waals surface area (Å²) in [6.07, 6.45) is -3.27. The normalized spacial score (nSPS) is 35.9. The van der Waals surface area contributed by atoms with Gasteiger partial charge in [-0.05, 0) is 6.92 Å². The number of hydrogen-bond donors (Lipinski definition) is 3. The molecule has 1 aromatic rings. The van der Waals surface area contributed by atoms with Crippen molar-refractivity contribution in [1.29, 1.82) is 0 Å². The van der Waals surface area contributed by atoms with E-state index in [1.54, 1.807) is 0 Å². The number of hydrogen-bond acceptors (Lipinski definition) is 5. The number of nitrogens with one attached hydrogen (secondary N) is 1. The van der Waals surface area contributed by atoms with Crippen LogP contribution in [0.25, 0.3) is 0 Å². The van der Waals surface area contributed by atoms with E-state index in [2.05, 4.69) is 0 Å². The Morgan fingerprint density at radius 1 is 1.61 bits per heavy atom. The molecule has 1 fully saturated rings. The molecule has 3 N–H and O–H groups in total. The van der Waals surface area contributed by atoms with Gasteiger partial charge in [-0.25, -0.2) is 9.18 Å². The third-order valence-corrected chi connectivity index (χ3v) is 2.97. The van der Waals surface area contributed by atoms with Gasteiger partial charge in [0.25, 0.3) is 5.56 Å². The standard InChI is InChI=1S/C10H13FN2O5/c1-10(17)7(11)5(4-14)18-8(10)13-3-2-6(15)12-9(13)16/h2-3,5,7-8,14,17H,4H2,1H3,(H,12,15,16)/t5-,7-,8-,10-/m1/s1. The number of ether oxygens (including phenoxy) is 1. The minimum absolute atomic E-state index is 0.607. The van der Waals surface area contributed by atoms with Crippen molar-refractivity contribution in [1.82, 2.24) is 9.55 Å². The fourth-order valence-electron chi connectivity index (χ4n) is 1.98. The van der Waals surface area contributed by atoms with Crippen LogP contribution in [0.1, 0.15) is 13.2 Å². The fraction of sp³-hybridized carbons (Fsp3) is 0.600. The zero-order chi connectivity index (χ0) is 13.5. The third-order valence-electron chi connectivity index (χ3n) is 2.97. The number of H-pyrrole nitrogens is 1. The minimum atomic E-state index is -1.98. The Hall–Kier alpha value is -1.51. The van der Waals surface area contributed by atoms with Gasteiger partial charge in [0, 0.05) is 12.3 Å². The van der Waals surface area contributed by atoms with Crippen molar-refractivity contribution in [3.8, 4) is 0 Å². The predicted molar refractivity (Wildman–Crippen MR) is 57.8 cm³/mol. The summed E-state index contributed by atoms with van der Waals surface area (Å²) in [6.45, 7) is 0.543. The zero-order valence-corrected chi connectivity index (χ0v) is 9.54. The molecule has 1 saturated heterocycles. The number of halogens is 1. The van der Waals surface area contributed by atoms with E-state index in [4.69, 9.17) is 9.84 Å². The van der Waals surface area contributed by atoms with Crippen LogP contribution in [0.2, 0.25) is 0 Å². The van der Waals surface area contributed by atoms with Crippen molar-refractivity contribution in [3.63, 3.8) is 0 Å². The smallest absolute Gasteiger partial charge is 0.330 e. The van der Waals surface area contributed by atoms with Gasteiger partial charge < -0.3 is 14.9 Å². The second-order valence-corrected chi connectivity index (χ2v) is 4.35. The van der Waals surface area contributed by atoms with Crippen molar-refractivity contribution < 1.29 is 19.3 Å². The van der Waals surface area contributed by atoms with Crippen LogP contribution in [0.3, 0.4) is 0 Å². The summed E-state index contributed by atoms with van der Waals surface area (Å²) in [6, 6.07) is 1.06. The number of nitrogens with zero attached hydrogens (tertiary/aromatic N) is 1. The van der Waals surface area contributed by atoms with E-state index >= 15 is 0 Å². The van der Waals surface area contributed by atoms with Gasteiger partial charge in [0.05, 0.1) is 6.61 Å². The van der Waals surface area contributed by atoms with Gasteiger partial charge in [-0.2, -0.15) is 0 Å². The molecule has 0 bridgehead atoms. The number of aliphatic hydroxyl groups is 2. The van der Waals surface area contributed by atoms with Crippen molar-refractivity contribution in [2.45, 2.75) is 31.0 Å². The van der Waals surface area contributed by atoms with E-state index < -0.39 is 42.0 Å². The van der Waals surface area contributed by atoms with Crippen LogP contribution in [-0.2, 0) is 4.74 Å². The van der Waals surface area contributed by atoms with E-state index in [9.17, 15) is 19.1 Å². The maximum absolute atomic E-state index is 13.8. The van der Waals surface area contributed by atoms with E-state index in [1.807, 2.05) is 4.98 Å². The second kappa shape index (κ2) is 4.30. The number of aromatic amines is 1. The summed E-state index contributed by atoms with van der Waals surface area (Å²) in [5.74, 6) is 0. The molecule has 0 aliphatic carbocycles. The monoisotopic (exact) mass is 260 g/mol. The Morgan fingerprint density at radius 3 is 2.78 bits per heavy atom. The SMILES string of the molecule is C[C@@]1(O)[C@H](F)[C@@H](CO)O[C@H]1n1ccc(=O)[nH]c1=O. The largest absolute Gasteiger partial charge is 0.394 e. The highest BCUT2D eigenvalue weighted by Gasteiger charge is 2.54. The minimum Gasteiger partial charge on any atom is -0.394 e. The molecule has 1 aliphatic heterocycles. The van der Waals surface area contributed by atoms with Crippen molar-refractivity contribution in [2.24, 2.45) is 0 Å². The molecule has 0 saturated carbocycles. The van der Waals surface area contributed by atoms with Crippen molar-refractivity contribution in [3.05, 3.63) is 33.1 Å². The van der Waals surface area contributed by atoms with Gasteiger partial charge in [-0.3, -0.25) is 14.3 Å². The quantitative estimate of drug-likeness (QED) is 0.601. The molecule has 1 aromatic heterocycles. The molecule has 7 nitrogen and oxygen atoms in total. The van der Waals surface area contributed by atoms with Gasteiger partial charge in [0.1, 0.15) is 11.7 Å². The summed E-state index contributed by atoms with van der Waals surface area (Å²) in [4.78, 5) is 24.4. The molecular formula is C10H13FN2O5. The first-order valence-corrected chi connectivity index (χ1v) is 5.32. The Kier molecular flexibility index (Phi) is 3.09. The number of alkyl halides is 1. The molecular weight excluding hydrogens is 247 g/mol. The molecule has 1 aliphatic rings. The molecule has 2 heterocycles. The van der Waals surface area contributed by atoms with Crippen molar-refractivity contribution >= 4 is 0 Å². The Labute approximate surface area is 100 Å². The third kappa shape index (κ3) is 1.88. The van der Waals surface area contributed by atoms with Gasteiger partial charge in [-0.1, -0.05) is 0 Å². The van der Waals surface area contributed by atoms with Crippen LogP contribution in [0.15, 0.2) is 21.9 Å². The molecule has 100 valence electrons. The number of rotatable bonds is 2. The lowest BCUT2D eigenvalue weighted by Gasteiger charge is -2.26. The summed E-state index contributed by atoms with van der Waals surface area (Å²) in [7, 11) is 0. The van der Waals surface area contributed by atoms with Crippen LogP contribution in [-0.4, -0.2) is 44.2 Å². The Bertz CT molecular complexity index is 552. The maximum atomic E-state index is 13.8. The van der Waals surface area contributed by atoms with Crippen LogP contribution in [0, 0.1) is 0 Å². The first-order valence-electron chi connectivity index (χ1n) is 5.32. The fourth-order valence-corrected chi connectivity index (χ4v) is 1.98. The predicted octanol–water partition coefficient (Wildman–Crippen LogP) is -1.48. The van der Waals surface area contributed by atoms with Gasteiger partial charge >= 0.3 is 5.69 Å². The average Bonchev–Trinajstić information content (AvgIpc) is 2.52. The lowest BCUT2D eigenvalue weighted by Crippen LogP contribution is -2.45. The number of aliphatic hydroxyl groups excluding tert-OH is 1. The maximum Gasteiger partial charge on any atom is 0.330 e. The van der Waals surface area contributed by atoms with E-state index in [1.165, 1.54) is 0 Å². The summed E-state index contributed by atoms with van der Waals surface area (Å²) in [5, 5.41) is 18.9. The average molecular weight is 260 g/mol. The zero-order valence-electron chi connectivity index (χ0n) is 9.54. The molecule has 18 heavy (non-hydrogen) atoms. The van der Waals surface area contributed by atoms with E-state index in [0.717, 1.165) is 23.8 Å². The molecule has 0 aromatic carbocycles. The van der Waals surface area contributed by atoms with E-state index in [-0.39, 0.29) is 0 Å². The highest BCUT2D eigenvalue weighted by molar-refractivity contribution is 5.00. The highest BCUT2D eigenvalue weighted by Crippen LogP contribution is 2.38. The van der Waals surface area contributed by atoms with Crippen LogP contribution >= 0.6 is 0 Å². The van der Waals surface area contributed by atoms with E-state index in [0.29, 0.717) is 0 Å². The molecule has 0 amide bonds. The molecule has 0 unspecified atom stereocenters. The lowest BCUT2D eigenvalue weighted by atomic mass is 9.98. The van der Waals surface area contributed by atoms with Gasteiger partial charge in [0.15, 0.2) is 12.4 Å². The Balaban J connectivity index is 2.45. The van der Waals surface area contributed by atoms with Gasteiger partial charge in [0.2, 0.25) is 0 Å². The molecule has 0 radical (unpaired) electrons. The molecule has 0 spiro atoms. The van der Waals surface area contributed by atoms with Crippen molar-refractivity contribution in [2.75, 3.05) is 6.61 Å². The lowest BCUT2D eigenvalue weighted by molar-refractivity contribution is -0.0933. The summed E-state index contributed by atoms with van der Waals surface area (Å²) in [5.41, 5.74) is -3.40. The van der Waals surface area contributed by atoms with Crippen LogP contribution in [0.5, 0.6) is 0 Å². The topological polar surface area (TPSA) is 105 Å². The first-order chi connectivity index (χ1) is 8.37. The second-order valence-electron chi connectivity index (χ2n) is 4.35. The highest BCUT2D eigenvalue weighted by atomic mass is 19.1.